The van der Waals surface area contributed by atoms with Gasteiger partial charge in [-0.15, -0.1) is 11.3 Å². The number of Topliss-reactive ketones (excluding diaryl/α,β-unsaturated/α-hetero) is 1. The third-order valence-electron chi connectivity index (χ3n) is 3.37. The maximum Gasteiger partial charge on any atom is 0.338 e. The first-order chi connectivity index (χ1) is 11.5. The van der Waals surface area contributed by atoms with Crippen molar-refractivity contribution in [2.75, 3.05) is 20.3 Å². The van der Waals surface area contributed by atoms with Crippen LogP contribution in [0.4, 0.5) is 0 Å². The summed E-state index contributed by atoms with van der Waals surface area (Å²) in [6, 6.07) is 6.58. The number of esters is 1. The highest BCUT2D eigenvalue weighted by Gasteiger charge is 2.16. The molecule has 1 heterocycles. The van der Waals surface area contributed by atoms with E-state index in [1.165, 1.54) is 13.2 Å². The Morgan fingerprint density at radius 1 is 1.12 bits per heavy atom. The first kappa shape index (κ1) is 18.0. The molecule has 0 saturated carbocycles. The fraction of sp³-hybridized carbons (Fsp3) is 0.333. The van der Waals surface area contributed by atoms with Crippen molar-refractivity contribution in [1.29, 1.82) is 0 Å². The van der Waals surface area contributed by atoms with Gasteiger partial charge in [-0.25, -0.2) is 4.79 Å². The smallest absolute Gasteiger partial charge is 0.338 e. The van der Waals surface area contributed by atoms with Crippen molar-refractivity contribution in [3.05, 3.63) is 45.1 Å². The van der Waals surface area contributed by atoms with Gasteiger partial charge in [0.25, 0.3) is 0 Å². The molecule has 128 valence electrons. The van der Waals surface area contributed by atoms with Crippen LogP contribution in [0.3, 0.4) is 0 Å². The van der Waals surface area contributed by atoms with E-state index in [0.717, 1.165) is 9.75 Å². The van der Waals surface area contributed by atoms with E-state index in [9.17, 15) is 9.59 Å². The summed E-state index contributed by atoms with van der Waals surface area (Å²) in [5.41, 5.74) is 0.913. The molecule has 6 heteroatoms. The zero-order valence-corrected chi connectivity index (χ0v) is 15.0. The molecule has 0 bridgehead atoms. The zero-order valence-electron chi connectivity index (χ0n) is 14.2. The van der Waals surface area contributed by atoms with Crippen LogP contribution in [-0.4, -0.2) is 32.1 Å². The van der Waals surface area contributed by atoms with Crippen molar-refractivity contribution < 1.29 is 23.8 Å². The van der Waals surface area contributed by atoms with E-state index in [-0.39, 0.29) is 12.4 Å². The zero-order chi connectivity index (χ0) is 17.7. The molecule has 2 rings (SSSR count). The van der Waals surface area contributed by atoms with Crippen molar-refractivity contribution in [1.82, 2.24) is 0 Å². The van der Waals surface area contributed by atoms with E-state index in [1.807, 2.05) is 26.8 Å². The molecule has 0 aliphatic carbocycles. The Balaban J connectivity index is 2.04. The quantitative estimate of drug-likeness (QED) is 0.562. The molecular weight excluding hydrogens is 328 g/mol. The number of ketones is 1. The molecule has 5 nitrogen and oxygen atoms in total. The van der Waals surface area contributed by atoms with E-state index in [0.29, 0.717) is 29.2 Å². The fourth-order valence-corrected chi connectivity index (χ4v) is 3.21. The molecule has 1 aromatic heterocycles. The van der Waals surface area contributed by atoms with Crippen molar-refractivity contribution >= 4 is 23.1 Å². The Morgan fingerprint density at radius 2 is 1.88 bits per heavy atom. The van der Waals surface area contributed by atoms with Crippen molar-refractivity contribution in [2.24, 2.45) is 0 Å². The van der Waals surface area contributed by atoms with Gasteiger partial charge in [-0.1, -0.05) is 0 Å². The minimum Gasteiger partial charge on any atom is -0.493 e. The lowest BCUT2D eigenvalue weighted by molar-refractivity contribution is 0.0474. The van der Waals surface area contributed by atoms with E-state index < -0.39 is 5.97 Å². The minimum atomic E-state index is -0.575. The van der Waals surface area contributed by atoms with Gasteiger partial charge in [0.15, 0.2) is 18.1 Å². The number of carbonyl (C=O) groups is 2. The fourth-order valence-electron chi connectivity index (χ4n) is 2.27. The molecule has 0 saturated heterocycles. The van der Waals surface area contributed by atoms with Gasteiger partial charge in [0.05, 0.1) is 19.3 Å². The predicted octanol–water partition coefficient (Wildman–Crippen LogP) is 3.81. The van der Waals surface area contributed by atoms with Crippen molar-refractivity contribution in [3.8, 4) is 11.5 Å². The van der Waals surface area contributed by atoms with Gasteiger partial charge in [0.1, 0.15) is 0 Å². The second kappa shape index (κ2) is 7.97. The van der Waals surface area contributed by atoms with Crippen LogP contribution in [0.15, 0.2) is 24.3 Å². The molecule has 0 unspecified atom stereocenters. The summed E-state index contributed by atoms with van der Waals surface area (Å²) in [5.74, 6) is 0.219. The second-order valence-corrected chi connectivity index (χ2v) is 6.59. The molecule has 0 atom stereocenters. The molecule has 0 N–H and O–H groups in total. The summed E-state index contributed by atoms with van der Waals surface area (Å²) in [7, 11) is 1.50. The highest BCUT2D eigenvalue weighted by Crippen LogP contribution is 2.28. The standard InChI is InChI=1S/C18H20O5S/c1-5-22-16-7-6-13(9-17(16)21-4)18(20)23-10-15(19)14-8-11(2)24-12(14)3/h6-9H,5,10H2,1-4H3. The molecule has 1 aromatic carbocycles. The molecule has 0 amide bonds. The molecule has 2 aromatic rings. The third-order valence-corrected chi connectivity index (χ3v) is 4.34. The Kier molecular flexibility index (Phi) is 5.98. The van der Waals surface area contributed by atoms with Crippen LogP contribution >= 0.6 is 11.3 Å². The van der Waals surface area contributed by atoms with Gasteiger partial charge < -0.3 is 14.2 Å². The number of thiophene rings is 1. The number of rotatable bonds is 7. The lowest BCUT2D eigenvalue weighted by atomic mass is 10.1. The van der Waals surface area contributed by atoms with Crippen LogP contribution in [0.2, 0.25) is 0 Å². The lowest BCUT2D eigenvalue weighted by Crippen LogP contribution is -2.14. The number of aryl methyl sites for hydroxylation is 2. The second-order valence-electron chi connectivity index (χ2n) is 5.12. The van der Waals surface area contributed by atoms with Crippen LogP contribution in [0.1, 0.15) is 37.4 Å². The number of hydrogen-bond donors (Lipinski definition) is 0. The van der Waals surface area contributed by atoms with Gasteiger partial charge in [-0.2, -0.15) is 0 Å². The maximum atomic E-state index is 12.2. The Labute approximate surface area is 145 Å². The molecule has 0 fully saturated rings. The highest BCUT2D eigenvalue weighted by molar-refractivity contribution is 7.12. The highest BCUT2D eigenvalue weighted by atomic mass is 32.1. The Bertz CT molecular complexity index is 748. The average Bonchev–Trinajstić information content (AvgIpc) is 2.91. The summed E-state index contributed by atoms with van der Waals surface area (Å²) in [5, 5.41) is 0. The van der Waals surface area contributed by atoms with E-state index >= 15 is 0 Å². The normalized spacial score (nSPS) is 10.3. The summed E-state index contributed by atoms with van der Waals surface area (Å²) in [6.07, 6.45) is 0. The molecule has 0 radical (unpaired) electrons. The summed E-state index contributed by atoms with van der Waals surface area (Å²) < 4.78 is 15.7. The third kappa shape index (κ3) is 4.14. The SMILES string of the molecule is CCOc1ccc(C(=O)OCC(=O)c2cc(C)sc2C)cc1OC. The molecule has 0 spiro atoms. The van der Waals surface area contributed by atoms with Crippen LogP contribution in [0.25, 0.3) is 0 Å². The molecule has 0 aliphatic heterocycles. The van der Waals surface area contributed by atoms with E-state index in [2.05, 4.69) is 0 Å². The molecular formula is C18H20O5S. The van der Waals surface area contributed by atoms with Crippen LogP contribution < -0.4 is 9.47 Å². The monoisotopic (exact) mass is 348 g/mol. The van der Waals surface area contributed by atoms with Crippen LogP contribution in [-0.2, 0) is 4.74 Å². The van der Waals surface area contributed by atoms with Gasteiger partial charge in [0.2, 0.25) is 5.78 Å². The number of methoxy groups -OCH3 is 1. The summed E-state index contributed by atoms with van der Waals surface area (Å²) in [4.78, 5) is 26.3. The minimum absolute atomic E-state index is 0.205. The first-order valence-corrected chi connectivity index (χ1v) is 8.36. The van der Waals surface area contributed by atoms with E-state index in [1.54, 1.807) is 23.5 Å². The van der Waals surface area contributed by atoms with Crippen LogP contribution in [0, 0.1) is 13.8 Å². The Morgan fingerprint density at radius 3 is 2.46 bits per heavy atom. The molecule has 0 aliphatic rings. The molecule has 24 heavy (non-hydrogen) atoms. The van der Waals surface area contributed by atoms with Gasteiger partial charge in [-0.3, -0.25) is 4.79 Å². The van der Waals surface area contributed by atoms with Gasteiger partial charge in [0, 0.05) is 15.3 Å². The number of ether oxygens (including phenoxy) is 3. The van der Waals surface area contributed by atoms with Crippen LogP contribution in [0.5, 0.6) is 11.5 Å². The average molecular weight is 348 g/mol. The topological polar surface area (TPSA) is 61.8 Å². The number of benzene rings is 1. The maximum absolute atomic E-state index is 12.2. The van der Waals surface area contributed by atoms with Gasteiger partial charge in [-0.05, 0) is 45.0 Å². The number of carbonyl (C=O) groups excluding carboxylic acids is 2. The van der Waals surface area contributed by atoms with E-state index in [4.69, 9.17) is 14.2 Å². The predicted molar refractivity (Wildman–Crippen MR) is 92.6 cm³/mol. The Hall–Kier alpha value is -2.34. The number of hydrogen-bond acceptors (Lipinski definition) is 6. The summed E-state index contributed by atoms with van der Waals surface area (Å²) >= 11 is 1.55. The van der Waals surface area contributed by atoms with Gasteiger partial charge >= 0.3 is 5.97 Å². The first-order valence-electron chi connectivity index (χ1n) is 7.54. The van der Waals surface area contributed by atoms with Crippen molar-refractivity contribution in [2.45, 2.75) is 20.8 Å². The largest absolute Gasteiger partial charge is 0.493 e. The summed E-state index contributed by atoms with van der Waals surface area (Å²) in [6.45, 7) is 5.89. The van der Waals surface area contributed by atoms with Crippen molar-refractivity contribution in [3.63, 3.8) is 0 Å². The lowest BCUT2D eigenvalue weighted by Gasteiger charge is -2.10.